The Labute approximate surface area is 113 Å². The molecule has 0 bridgehead atoms. The van der Waals surface area contributed by atoms with Crippen LogP contribution < -0.4 is 9.57 Å². The highest BCUT2D eigenvalue weighted by atomic mass is 16.7. The van der Waals surface area contributed by atoms with E-state index in [1.54, 1.807) is 4.73 Å². The van der Waals surface area contributed by atoms with Crippen LogP contribution in [0.5, 0.6) is 0 Å². The van der Waals surface area contributed by atoms with Gasteiger partial charge in [-0.3, -0.25) is 4.84 Å². The Hall–Kier alpha value is -1.87. The van der Waals surface area contributed by atoms with Crippen LogP contribution in [0.25, 0.3) is 0 Å². The molecule has 0 spiro atoms. The first-order valence-electron chi connectivity index (χ1n) is 6.45. The maximum absolute atomic E-state index is 11.3. The molecule has 0 amide bonds. The van der Waals surface area contributed by atoms with Gasteiger partial charge in [-0.05, 0) is 31.9 Å². The molecule has 1 unspecified atom stereocenters. The Balaban J connectivity index is 2.28. The van der Waals surface area contributed by atoms with E-state index < -0.39 is 11.2 Å². The van der Waals surface area contributed by atoms with E-state index in [1.165, 1.54) is 0 Å². The summed E-state index contributed by atoms with van der Waals surface area (Å²) in [6.07, 6.45) is 1.85. The number of nitrogens with zero attached hydrogens (tertiary/aromatic N) is 1. The van der Waals surface area contributed by atoms with E-state index in [0.717, 1.165) is 16.8 Å². The summed E-state index contributed by atoms with van der Waals surface area (Å²) >= 11 is 0. The maximum atomic E-state index is 11.3. The fraction of sp³-hybridized carbons (Fsp3) is 0.312. The first-order valence-corrected chi connectivity index (χ1v) is 6.45. The highest BCUT2D eigenvalue weighted by Gasteiger charge is 2.62. The van der Waals surface area contributed by atoms with Crippen molar-refractivity contribution in [1.82, 2.24) is 0 Å². The minimum absolute atomic E-state index is 0.727. The normalized spacial score (nSPS) is 23.8. The Kier molecular flexibility index (Phi) is 2.44. The van der Waals surface area contributed by atoms with Crippen molar-refractivity contribution in [1.29, 1.82) is 0 Å². The molecule has 0 saturated heterocycles. The predicted molar refractivity (Wildman–Crippen MR) is 71.5 cm³/mol. The van der Waals surface area contributed by atoms with Gasteiger partial charge < -0.3 is 5.11 Å². The van der Waals surface area contributed by atoms with Gasteiger partial charge in [-0.1, -0.05) is 30.3 Å². The van der Waals surface area contributed by atoms with Crippen LogP contribution in [0.3, 0.4) is 0 Å². The average molecular weight is 256 g/mol. The van der Waals surface area contributed by atoms with Crippen LogP contribution in [0.1, 0.15) is 30.7 Å². The van der Waals surface area contributed by atoms with Gasteiger partial charge in [-0.2, -0.15) is 0 Å². The summed E-state index contributed by atoms with van der Waals surface area (Å²) in [5.74, 6) is 0. The Bertz CT molecular complexity index is 622. The lowest BCUT2D eigenvalue weighted by Gasteiger charge is -2.28. The molecule has 0 radical (unpaired) electrons. The Morgan fingerprint density at radius 1 is 1.11 bits per heavy atom. The lowest BCUT2D eigenvalue weighted by Crippen LogP contribution is -2.50. The highest BCUT2D eigenvalue weighted by molar-refractivity contribution is 5.36. The molecule has 1 aromatic carbocycles. The lowest BCUT2D eigenvalue weighted by molar-refractivity contribution is -0.893. The minimum Gasteiger partial charge on any atom is -0.371 e. The standard InChI is InChI=1S/C16H18NO2/c1-12-9-10-17-14(11-12)16(18,15(2,3)19-17)13-7-5-4-6-8-13/h4-11,18H,1-3H3/q+1. The number of rotatable bonds is 1. The molecule has 2 heterocycles. The van der Waals surface area contributed by atoms with Gasteiger partial charge in [0.05, 0.1) is 0 Å². The molecule has 1 aliphatic heterocycles. The molecule has 3 heteroatoms. The summed E-state index contributed by atoms with van der Waals surface area (Å²) in [4.78, 5) is 5.89. The summed E-state index contributed by atoms with van der Waals surface area (Å²) in [5, 5.41) is 11.3. The van der Waals surface area contributed by atoms with Crippen molar-refractivity contribution in [3.8, 4) is 0 Å². The third-order valence-corrected chi connectivity index (χ3v) is 3.83. The van der Waals surface area contributed by atoms with E-state index in [4.69, 9.17) is 4.84 Å². The van der Waals surface area contributed by atoms with Crippen molar-refractivity contribution in [2.45, 2.75) is 32.0 Å². The summed E-state index contributed by atoms with van der Waals surface area (Å²) in [6, 6.07) is 13.6. The van der Waals surface area contributed by atoms with Crippen LogP contribution in [0.2, 0.25) is 0 Å². The predicted octanol–water partition coefficient (Wildman–Crippen LogP) is 1.74. The van der Waals surface area contributed by atoms with E-state index in [2.05, 4.69) is 0 Å². The topological polar surface area (TPSA) is 33.3 Å². The number of aliphatic hydroxyl groups is 1. The Morgan fingerprint density at radius 3 is 2.47 bits per heavy atom. The first-order chi connectivity index (χ1) is 8.95. The van der Waals surface area contributed by atoms with Crippen LogP contribution >= 0.6 is 0 Å². The molecular weight excluding hydrogens is 238 g/mol. The van der Waals surface area contributed by atoms with Gasteiger partial charge >= 0.3 is 0 Å². The van der Waals surface area contributed by atoms with Gasteiger partial charge in [-0.25, -0.2) is 0 Å². The molecule has 3 rings (SSSR count). The monoisotopic (exact) mass is 256 g/mol. The van der Waals surface area contributed by atoms with Crippen LogP contribution in [-0.4, -0.2) is 10.7 Å². The van der Waals surface area contributed by atoms with Gasteiger partial charge in [0.15, 0.2) is 0 Å². The van der Waals surface area contributed by atoms with Crippen molar-refractivity contribution in [2.24, 2.45) is 0 Å². The number of hydrogen-bond donors (Lipinski definition) is 1. The van der Waals surface area contributed by atoms with Crippen molar-refractivity contribution >= 4 is 0 Å². The molecule has 2 aromatic rings. The lowest BCUT2D eigenvalue weighted by atomic mass is 9.78. The molecular formula is C16H18NO2+. The van der Waals surface area contributed by atoms with E-state index >= 15 is 0 Å². The fourth-order valence-corrected chi connectivity index (χ4v) is 2.73. The molecule has 3 nitrogen and oxygen atoms in total. The number of fused-ring (bicyclic) bond motifs is 1. The zero-order valence-corrected chi connectivity index (χ0v) is 11.4. The largest absolute Gasteiger partial charge is 0.371 e. The second-order valence-corrected chi connectivity index (χ2v) is 5.59. The second-order valence-electron chi connectivity index (χ2n) is 5.59. The summed E-state index contributed by atoms with van der Waals surface area (Å²) in [6.45, 7) is 5.82. The smallest absolute Gasteiger partial charge is 0.275 e. The molecule has 1 aliphatic rings. The van der Waals surface area contributed by atoms with E-state index in [-0.39, 0.29) is 0 Å². The van der Waals surface area contributed by atoms with Crippen molar-refractivity contribution in [3.63, 3.8) is 0 Å². The van der Waals surface area contributed by atoms with Crippen molar-refractivity contribution in [2.75, 3.05) is 0 Å². The first kappa shape index (κ1) is 12.2. The van der Waals surface area contributed by atoms with Gasteiger partial charge in [0, 0.05) is 16.9 Å². The fourth-order valence-electron chi connectivity index (χ4n) is 2.73. The molecule has 1 aromatic heterocycles. The zero-order valence-electron chi connectivity index (χ0n) is 11.4. The van der Waals surface area contributed by atoms with Crippen LogP contribution in [0.15, 0.2) is 48.7 Å². The molecule has 0 saturated carbocycles. The third-order valence-electron chi connectivity index (χ3n) is 3.83. The van der Waals surface area contributed by atoms with Gasteiger partial charge in [0.1, 0.15) is 0 Å². The van der Waals surface area contributed by atoms with Gasteiger partial charge in [-0.15, -0.1) is 0 Å². The number of benzene rings is 1. The summed E-state index contributed by atoms with van der Waals surface area (Å²) in [7, 11) is 0. The maximum Gasteiger partial charge on any atom is 0.275 e. The number of aryl methyl sites for hydroxylation is 1. The third kappa shape index (κ3) is 1.58. The Morgan fingerprint density at radius 2 is 1.79 bits per heavy atom. The number of hydrogen-bond acceptors (Lipinski definition) is 2. The molecule has 1 atom stereocenters. The van der Waals surface area contributed by atoms with Gasteiger partial charge in [0.25, 0.3) is 5.69 Å². The molecule has 98 valence electrons. The van der Waals surface area contributed by atoms with E-state index in [9.17, 15) is 5.11 Å². The van der Waals surface area contributed by atoms with Crippen LogP contribution in [0, 0.1) is 6.92 Å². The summed E-state index contributed by atoms with van der Waals surface area (Å²) < 4.78 is 1.67. The number of aromatic nitrogens is 1. The van der Waals surface area contributed by atoms with Crippen molar-refractivity contribution < 1.29 is 14.7 Å². The average Bonchev–Trinajstić information content (AvgIpc) is 2.60. The van der Waals surface area contributed by atoms with Crippen LogP contribution in [0.4, 0.5) is 0 Å². The zero-order chi connectivity index (χ0) is 13.7. The molecule has 0 fully saturated rings. The van der Waals surface area contributed by atoms with Gasteiger partial charge in [0.2, 0.25) is 17.4 Å². The summed E-state index contributed by atoms with van der Waals surface area (Å²) in [5.41, 5.74) is 0.831. The molecule has 0 aliphatic carbocycles. The van der Waals surface area contributed by atoms with Crippen LogP contribution in [-0.2, 0) is 5.60 Å². The van der Waals surface area contributed by atoms with E-state index in [0.29, 0.717) is 0 Å². The van der Waals surface area contributed by atoms with E-state index in [1.807, 2.05) is 69.4 Å². The number of pyridine rings is 1. The quantitative estimate of drug-likeness (QED) is 0.788. The SMILES string of the molecule is Cc1cc[n+]2c(c1)C(O)(c1ccccc1)C(C)(C)O2. The molecule has 19 heavy (non-hydrogen) atoms. The molecule has 1 N–H and O–H groups in total. The minimum atomic E-state index is -1.15. The van der Waals surface area contributed by atoms with Crippen molar-refractivity contribution in [3.05, 3.63) is 65.5 Å². The highest BCUT2D eigenvalue weighted by Crippen LogP contribution is 2.41. The second kappa shape index (κ2) is 3.81.